The van der Waals surface area contributed by atoms with Gasteiger partial charge in [0.1, 0.15) is 5.44 Å². The Labute approximate surface area is 204 Å². The van der Waals surface area contributed by atoms with Crippen molar-refractivity contribution < 1.29 is 4.74 Å². The van der Waals surface area contributed by atoms with Crippen LogP contribution in [0.1, 0.15) is 37.3 Å². The van der Waals surface area contributed by atoms with Crippen molar-refractivity contribution in [2.75, 3.05) is 7.11 Å². The maximum Gasteiger partial charge on any atom is 0.133 e. The summed E-state index contributed by atoms with van der Waals surface area (Å²) in [6, 6.07) is 39.3. The average Bonchev–Trinajstić information content (AvgIpc) is 2.84. The Morgan fingerprint density at radius 2 is 1.21 bits per heavy atom. The van der Waals surface area contributed by atoms with Gasteiger partial charge in [-0.2, -0.15) is 0 Å². The molecule has 0 saturated heterocycles. The molecule has 1 nitrogen and oxygen atoms in total. The Balaban J connectivity index is 1.91. The maximum absolute atomic E-state index is 6.10. The van der Waals surface area contributed by atoms with Gasteiger partial charge >= 0.3 is 0 Å². The third-order valence-electron chi connectivity index (χ3n) is 5.62. The first-order chi connectivity index (χ1) is 16.0. The molecule has 0 N–H and O–H groups in total. The summed E-state index contributed by atoms with van der Waals surface area (Å²) in [4.78, 5) is 1.21. The highest BCUT2D eigenvalue weighted by Gasteiger charge is 2.26. The minimum Gasteiger partial charge on any atom is -0.366 e. The summed E-state index contributed by atoms with van der Waals surface area (Å²) < 4.78 is 6.10. The van der Waals surface area contributed by atoms with Crippen molar-refractivity contribution in [1.29, 1.82) is 0 Å². The van der Waals surface area contributed by atoms with E-state index in [4.69, 9.17) is 4.74 Å². The van der Waals surface area contributed by atoms with Gasteiger partial charge in [0.05, 0.1) is 0 Å². The number of rotatable bonds is 7. The zero-order valence-electron chi connectivity index (χ0n) is 19.7. The molecule has 4 aromatic carbocycles. The van der Waals surface area contributed by atoms with Crippen LogP contribution in [0.4, 0.5) is 0 Å². The van der Waals surface area contributed by atoms with Gasteiger partial charge in [-0.15, -0.1) is 0 Å². The number of hydrogen-bond donors (Lipinski definition) is 0. The molecule has 0 unspecified atom stereocenters. The Bertz CT molecular complexity index is 1110. The highest BCUT2D eigenvalue weighted by atomic mass is 32.2. The van der Waals surface area contributed by atoms with E-state index in [9.17, 15) is 0 Å². The van der Waals surface area contributed by atoms with Gasteiger partial charge in [-0.3, -0.25) is 0 Å². The smallest absolute Gasteiger partial charge is 0.133 e. The quantitative estimate of drug-likeness (QED) is 0.161. The van der Waals surface area contributed by atoms with E-state index in [-0.39, 0.29) is 10.9 Å². The molecule has 0 fully saturated rings. The Hall–Kier alpha value is -2.38. The first-order valence-corrected chi connectivity index (χ1v) is 13.5. The summed E-state index contributed by atoms with van der Waals surface area (Å²) in [6.45, 7) is 6.85. The molecule has 0 aliphatic carbocycles. The van der Waals surface area contributed by atoms with Crippen molar-refractivity contribution >= 4 is 35.6 Å². The zero-order valence-corrected chi connectivity index (χ0v) is 21.4. The predicted octanol–water partition coefficient (Wildman–Crippen LogP) is 7.18. The van der Waals surface area contributed by atoms with E-state index in [1.807, 2.05) is 7.11 Å². The SMILES string of the molecule is CO[C@H](Sc1ccccc1)c1ccc(C(C)(C)C)cc1P(c1ccccc1)c1ccccc1. The highest BCUT2D eigenvalue weighted by molar-refractivity contribution is 7.99. The molecule has 4 aromatic rings. The summed E-state index contributed by atoms with van der Waals surface area (Å²) in [6.07, 6.45) is 0. The largest absolute Gasteiger partial charge is 0.366 e. The van der Waals surface area contributed by atoms with Gasteiger partial charge in [-0.05, 0) is 58.6 Å². The number of methoxy groups -OCH3 is 1. The molecule has 0 spiro atoms. The van der Waals surface area contributed by atoms with Gasteiger partial charge in [0.15, 0.2) is 0 Å². The van der Waals surface area contributed by atoms with Gasteiger partial charge in [-0.1, -0.05) is 124 Å². The third kappa shape index (κ3) is 5.76. The first kappa shape index (κ1) is 23.8. The van der Waals surface area contributed by atoms with Crippen molar-refractivity contribution in [2.24, 2.45) is 0 Å². The van der Waals surface area contributed by atoms with Crippen LogP contribution in [0.2, 0.25) is 0 Å². The zero-order chi connectivity index (χ0) is 23.3. The van der Waals surface area contributed by atoms with E-state index in [1.54, 1.807) is 11.8 Å². The van der Waals surface area contributed by atoms with Crippen LogP contribution in [-0.2, 0) is 10.2 Å². The lowest BCUT2D eigenvalue weighted by molar-refractivity contribution is 0.176. The Morgan fingerprint density at radius 3 is 1.70 bits per heavy atom. The summed E-state index contributed by atoms with van der Waals surface area (Å²) in [5.74, 6) is 0. The van der Waals surface area contributed by atoms with E-state index in [0.29, 0.717) is 0 Å². The first-order valence-electron chi connectivity index (χ1n) is 11.3. The van der Waals surface area contributed by atoms with Crippen LogP contribution in [0.15, 0.2) is 114 Å². The van der Waals surface area contributed by atoms with E-state index in [0.717, 1.165) is 0 Å². The van der Waals surface area contributed by atoms with Gasteiger partial charge in [0.2, 0.25) is 0 Å². The number of thioether (sulfide) groups is 1. The van der Waals surface area contributed by atoms with Crippen molar-refractivity contribution in [3.05, 3.63) is 120 Å². The van der Waals surface area contributed by atoms with Gasteiger partial charge in [0.25, 0.3) is 0 Å². The maximum atomic E-state index is 6.10. The lowest BCUT2D eigenvalue weighted by Crippen LogP contribution is -2.26. The number of benzene rings is 4. The molecule has 0 aliphatic heterocycles. The molecular weight excluding hydrogens is 439 g/mol. The van der Waals surface area contributed by atoms with Crippen molar-refractivity contribution in [2.45, 2.75) is 36.5 Å². The van der Waals surface area contributed by atoms with Gasteiger partial charge < -0.3 is 4.74 Å². The number of ether oxygens (including phenoxy) is 1. The lowest BCUT2D eigenvalue weighted by Gasteiger charge is -2.28. The van der Waals surface area contributed by atoms with Crippen LogP contribution in [0.25, 0.3) is 0 Å². The Morgan fingerprint density at radius 1 is 0.697 bits per heavy atom. The molecule has 0 amide bonds. The van der Waals surface area contributed by atoms with Gasteiger partial charge in [0, 0.05) is 12.0 Å². The van der Waals surface area contributed by atoms with Crippen LogP contribution < -0.4 is 15.9 Å². The standard InChI is InChI=1S/C30H31OPS/c1-30(2,3)23-20-21-27(29(31-4)33-26-18-12-7-13-19-26)28(22-23)32(24-14-8-5-9-15-24)25-16-10-6-11-17-25/h5-22,29H,1-4H3/t29-/m1/s1. The van der Waals surface area contributed by atoms with Crippen LogP contribution in [-0.4, -0.2) is 7.11 Å². The van der Waals surface area contributed by atoms with Crippen LogP contribution in [0, 0.1) is 0 Å². The summed E-state index contributed by atoms with van der Waals surface area (Å²) in [7, 11) is 1.08. The van der Waals surface area contributed by atoms with E-state index in [1.165, 1.54) is 31.9 Å². The van der Waals surface area contributed by atoms with Crippen molar-refractivity contribution in [1.82, 2.24) is 0 Å². The molecule has 0 saturated carbocycles. The molecule has 3 heteroatoms. The summed E-state index contributed by atoms with van der Waals surface area (Å²) >= 11 is 1.77. The van der Waals surface area contributed by atoms with Crippen LogP contribution >= 0.6 is 19.7 Å². The monoisotopic (exact) mass is 470 g/mol. The lowest BCUT2D eigenvalue weighted by atomic mass is 9.86. The highest BCUT2D eigenvalue weighted by Crippen LogP contribution is 2.42. The third-order valence-corrected chi connectivity index (χ3v) is 9.32. The van der Waals surface area contributed by atoms with Gasteiger partial charge in [-0.25, -0.2) is 0 Å². The van der Waals surface area contributed by atoms with Crippen LogP contribution in [0.5, 0.6) is 0 Å². The van der Waals surface area contributed by atoms with E-state index >= 15 is 0 Å². The van der Waals surface area contributed by atoms with E-state index in [2.05, 4.69) is 130 Å². The summed E-state index contributed by atoms with van der Waals surface area (Å²) in [5.41, 5.74) is 2.57. The Kier molecular flexibility index (Phi) is 7.71. The fourth-order valence-electron chi connectivity index (χ4n) is 3.85. The molecule has 4 rings (SSSR count). The number of hydrogen-bond acceptors (Lipinski definition) is 2. The van der Waals surface area contributed by atoms with Crippen molar-refractivity contribution in [3.63, 3.8) is 0 Å². The molecule has 0 bridgehead atoms. The summed E-state index contributed by atoms with van der Waals surface area (Å²) in [5, 5.41) is 4.07. The topological polar surface area (TPSA) is 9.23 Å². The van der Waals surface area contributed by atoms with E-state index < -0.39 is 7.92 Å². The molecule has 1 atom stereocenters. The minimum atomic E-state index is -0.736. The molecule has 33 heavy (non-hydrogen) atoms. The fourth-order valence-corrected chi connectivity index (χ4v) is 7.44. The second-order valence-corrected chi connectivity index (χ2v) is 12.3. The van der Waals surface area contributed by atoms with Crippen molar-refractivity contribution in [3.8, 4) is 0 Å². The predicted molar refractivity (Wildman–Crippen MR) is 146 cm³/mol. The normalized spacial score (nSPS) is 12.6. The second-order valence-electron chi connectivity index (χ2n) is 9.03. The molecule has 0 heterocycles. The average molecular weight is 471 g/mol. The second kappa shape index (κ2) is 10.7. The molecule has 0 aliphatic rings. The molecular formula is C30H31OPS. The fraction of sp³-hybridized carbons (Fsp3) is 0.200. The minimum absolute atomic E-state index is 0.0663. The molecule has 0 aromatic heterocycles. The molecule has 168 valence electrons. The molecule has 0 radical (unpaired) electrons. The van der Waals surface area contributed by atoms with Crippen LogP contribution in [0.3, 0.4) is 0 Å².